The molecule has 4 nitrogen and oxygen atoms in total. The van der Waals surface area contributed by atoms with Gasteiger partial charge in [-0.1, -0.05) is 5.16 Å². The van der Waals surface area contributed by atoms with Gasteiger partial charge >= 0.3 is 0 Å². The number of carbonyl (C=O) groups excluding carboxylic acids is 1. The van der Waals surface area contributed by atoms with Gasteiger partial charge in [0.2, 0.25) is 0 Å². The average molecular weight is 287 g/mol. The van der Waals surface area contributed by atoms with Crippen LogP contribution < -0.4 is 5.32 Å². The maximum Gasteiger partial charge on any atom is 0.268 e. The van der Waals surface area contributed by atoms with Crippen LogP contribution in [0.15, 0.2) is 26.5 Å². The molecule has 15 heavy (non-hydrogen) atoms. The minimum atomic E-state index is -0.190. The van der Waals surface area contributed by atoms with Gasteiger partial charge in [0.25, 0.3) is 5.91 Å². The van der Waals surface area contributed by atoms with E-state index in [1.54, 1.807) is 13.0 Å². The highest BCUT2D eigenvalue weighted by molar-refractivity contribution is 9.10. The molecule has 2 rings (SSSR count). The van der Waals surface area contributed by atoms with Crippen LogP contribution in [-0.2, 0) is 0 Å². The maximum absolute atomic E-state index is 11.7. The van der Waals surface area contributed by atoms with Crippen molar-refractivity contribution in [1.29, 1.82) is 0 Å². The third-order valence-electron chi connectivity index (χ3n) is 1.69. The van der Waals surface area contributed by atoms with Crippen molar-refractivity contribution in [3.8, 4) is 0 Å². The first kappa shape index (κ1) is 10.4. The number of aromatic nitrogens is 1. The Bertz CT molecular complexity index is 492. The lowest BCUT2D eigenvalue weighted by molar-refractivity contribution is 0.102. The topological polar surface area (TPSA) is 55.1 Å². The van der Waals surface area contributed by atoms with Gasteiger partial charge in [-0.25, -0.2) is 0 Å². The number of anilines is 1. The Kier molecular flexibility index (Phi) is 2.88. The van der Waals surface area contributed by atoms with Gasteiger partial charge in [0.15, 0.2) is 5.82 Å². The van der Waals surface area contributed by atoms with Gasteiger partial charge in [-0.15, -0.1) is 11.3 Å². The first-order valence-corrected chi connectivity index (χ1v) is 5.82. The van der Waals surface area contributed by atoms with Crippen LogP contribution in [0.4, 0.5) is 5.82 Å². The summed E-state index contributed by atoms with van der Waals surface area (Å²) < 4.78 is 5.62. The van der Waals surface area contributed by atoms with Gasteiger partial charge in [0, 0.05) is 10.5 Å². The van der Waals surface area contributed by atoms with E-state index >= 15 is 0 Å². The highest BCUT2D eigenvalue weighted by Crippen LogP contribution is 2.23. The molecule has 0 aromatic carbocycles. The second-order valence-corrected chi connectivity index (χ2v) is 4.65. The number of thiophene rings is 1. The Balaban J connectivity index is 2.14. The zero-order chi connectivity index (χ0) is 10.8. The summed E-state index contributed by atoms with van der Waals surface area (Å²) >= 11 is 4.66. The lowest BCUT2D eigenvalue weighted by atomic mass is 10.4. The molecule has 0 unspecified atom stereocenters. The molecule has 0 bridgehead atoms. The SMILES string of the molecule is Cc1cc(NC(=O)c2sccc2Br)no1. The van der Waals surface area contributed by atoms with Crippen molar-refractivity contribution >= 4 is 39.0 Å². The fourth-order valence-electron chi connectivity index (χ4n) is 1.05. The molecule has 0 aliphatic rings. The average Bonchev–Trinajstić information content (AvgIpc) is 2.75. The quantitative estimate of drug-likeness (QED) is 0.923. The standard InChI is InChI=1S/C9H7BrN2O2S/c1-5-4-7(12-14-5)11-9(13)8-6(10)2-3-15-8/h2-4H,1H3,(H,11,12,13). The number of aryl methyl sites for hydroxylation is 1. The molecule has 2 aromatic heterocycles. The normalized spacial score (nSPS) is 10.3. The van der Waals surface area contributed by atoms with Crippen LogP contribution >= 0.6 is 27.3 Å². The predicted molar refractivity (Wildman–Crippen MR) is 61.2 cm³/mol. The van der Waals surface area contributed by atoms with E-state index in [0.717, 1.165) is 4.47 Å². The molecule has 1 N–H and O–H groups in total. The number of carbonyl (C=O) groups is 1. The lowest BCUT2D eigenvalue weighted by Gasteiger charge is -1.97. The number of hydrogen-bond acceptors (Lipinski definition) is 4. The van der Waals surface area contributed by atoms with Gasteiger partial charge in [-0.05, 0) is 34.3 Å². The Morgan fingerprint density at radius 2 is 2.47 bits per heavy atom. The molecule has 0 saturated heterocycles. The van der Waals surface area contributed by atoms with Crippen LogP contribution in [0, 0.1) is 6.92 Å². The van der Waals surface area contributed by atoms with Crippen molar-refractivity contribution in [2.75, 3.05) is 5.32 Å². The zero-order valence-corrected chi connectivity index (χ0v) is 10.2. The highest BCUT2D eigenvalue weighted by atomic mass is 79.9. The summed E-state index contributed by atoms with van der Waals surface area (Å²) in [5.74, 6) is 0.901. The molecule has 0 radical (unpaired) electrons. The summed E-state index contributed by atoms with van der Waals surface area (Å²) in [6.45, 7) is 1.77. The van der Waals surface area contributed by atoms with Crippen LogP contribution in [0.1, 0.15) is 15.4 Å². The predicted octanol–water partition coefficient (Wildman–Crippen LogP) is 3.06. The third kappa shape index (κ3) is 2.27. The summed E-state index contributed by atoms with van der Waals surface area (Å²) in [5, 5.41) is 8.16. The lowest BCUT2D eigenvalue weighted by Crippen LogP contribution is -2.10. The number of nitrogens with one attached hydrogen (secondary N) is 1. The molecule has 0 saturated carbocycles. The molecule has 6 heteroatoms. The van der Waals surface area contributed by atoms with E-state index < -0.39 is 0 Å². The van der Waals surface area contributed by atoms with Crippen molar-refractivity contribution < 1.29 is 9.32 Å². The number of halogens is 1. The van der Waals surface area contributed by atoms with E-state index in [1.807, 2.05) is 11.4 Å². The summed E-state index contributed by atoms with van der Waals surface area (Å²) in [4.78, 5) is 12.3. The van der Waals surface area contributed by atoms with E-state index in [0.29, 0.717) is 16.5 Å². The van der Waals surface area contributed by atoms with Crippen molar-refractivity contribution in [3.63, 3.8) is 0 Å². The van der Waals surface area contributed by atoms with E-state index in [4.69, 9.17) is 4.52 Å². The Hall–Kier alpha value is -1.14. The molecule has 0 aliphatic carbocycles. The summed E-state index contributed by atoms with van der Waals surface area (Å²) in [7, 11) is 0. The van der Waals surface area contributed by atoms with Crippen LogP contribution in [0.3, 0.4) is 0 Å². The molecule has 2 aromatic rings. The van der Waals surface area contributed by atoms with Crippen molar-refractivity contribution in [1.82, 2.24) is 5.16 Å². The van der Waals surface area contributed by atoms with Gasteiger partial charge in [0.05, 0.1) is 0 Å². The van der Waals surface area contributed by atoms with Crippen LogP contribution in [-0.4, -0.2) is 11.1 Å². The Labute approximate surface area is 98.4 Å². The smallest absolute Gasteiger partial charge is 0.268 e. The number of rotatable bonds is 2. The number of nitrogens with zero attached hydrogens (tertiary/aromatic N) is 1. The van der Waals surface area contributed by atoms with Gasteiger partial charge < -0.3 is 9.84 Å². The molecular formula is C9H7BrN2O2S. The monoisotopic (exact) mass is 286 g/mol. The number of amides is 1. The first-order valence-electron chi connectivity index (χ1n) is 4.14. The molecular weight excluding hydrogens is 280 g/mol. The number of hydrogen-bond donors (Lipinski definition) is 1. The van der Waals surface area contributed by atoms with Crippen LogP contribution in [0.5, 0.6) is 0 Å². The van der Waals surface area contributed by atoms with E-state index in [-0.39, 0.29) is 5.91 Å². The molecule has 0 atom stereocenters. The third-order valence-corrected chi connectivity index (χ3v) is 3.53. The second-order valence-electron chi connectivity index (χ2n) is 2.87. The minimum Gasteiger partial charge on any atom is -0.360 e. The highest BCUT2D eigenvalue weighted by Gasteiger charge is 2.13. The van der Waals surface area contributed by atoms with Gasteiger partial charge in [-0.3, -0.25) is 4.79 Å². The van der Waals surface area contributed by atoms with E-state index in [1.165, 1.54) is 11.3 Å². The maximum atomic E-state index is 11.7. The molecule has 1 amide bonds. The van der Waals surface area contributed by atoms with Crippen molar-refractivity contribution in [3.05, 3.63) is 32.6 Å². The van der Waals surface area contributed by atoms with Crippen LogP contribution in [0.25, 0.3) is 0 Å². The molecule has 2 heterocycles. The first-order chi connectivity index (χ1) is 7.16. The molecule has 0 spiro atoms. The molecule has 0 fully saturated rings. The summed E-state index contributed by atoms with van der Waals surface area (Å²) in [6, 6.07) is 3.49. The Morgan fingerprint density at radius 1 is 1.67 bits per heavy atom. The van der Waals surface area contributed by atoms with Gasteiger partial charge in [0.1, 0.15) is 10.6 Å². The van der Waals surface area contributed by atoms with Gasteiger partial charge in [-0.2, -0.15) is 0 Å². The largest absolute Gasteiger partial charge is 0.360 e. The minimum absolute atomic E-state index is 0.190. The fraction of sp³-hybridized carbons (Fsp3) is 0.111. The molecule has 0 aliphatic heterocycles. The summed E-state index contributed by atoms with van der Waals surface area (Å²) in [5.41, 5.74) is 0. The van der Waals surface area contributed by atoms with Crippen molar-refractivity contribution in [2.24, 2.45) is 0 Å². The van der Waals surface area contributed by atoms with Crippen LogP contribution in [0.2, 0.25) is 0 Å². The van der Waals surface area contributed by atoms with Crippen molar-refractivity contribution in [2.45, 2.75) is 6.92 Å². The summed E-state index contributed by atoms with van der Waals surface area (Å²) in [6.07, 6.45) is 0. The second kappa shape index (κ2) is 4.16. The fourth-order valence-corrected chi connectivity index (χ4v) is 2.50. The van der Waals surface area contributed by atoms with E-state index in [9.17, 15) is 4.79 Å². The Morgan fingerprint density at radius 3 is 3.00 bits per heavy atom. The van der Waals surface area contributed by atoms with E-state index in [2.05, 4.69) is 26.4 Å². The molecule has 78 valence electrons. The zero-order valence-electron chi connectivity index (χ0n) is 7.78.